The van der Waals surface area contributed by atoms with Gasteiger partial charge in [-0.1, -0.05) is 37.3 Å². The van der Waals surface area contributed by atoms with E-state index in [1.165, 1.54) is 37.7 Å². The van der Waals surface area contributed by atoms with Crippen LogP contribution in [0, 0.1) is 17.3 Å². The van der Waals surface area contributed by atoms with E-state index in [0.29, 0.717) is 17.6 Å². The van der Waals surface area contributed by atoms with Crippen molar-refractivity contribution in [3.63, 3.8) is 0 Å². The minimum absolute atomic E-state index is 0.124. The van der Waals surface area contributed by atoms with Gasteiger partial charge in [-0.2, -0.15) is 0 Å². The van der Waals surface area contributed by atoms with Crippen molar-refractivity contribution in [2.75, 3.05) is 0 Å². The quantitative estimate of drug-likeness (QED) is 0.607. The van der Waals surface area contributed by atoms with E-state index in [9.17, 15) is 4.79 Å². The Labute approximate surface area is 99.3 Å². The van der Waals surface area contributed by atoms with Gasteiger partial charge in [-0.25, -0.2) is 0 Å². The van der Waals surface area contributed by atoms with Crippen LogP contribution >= 0.6 is 0 Å². The number of Topliss-reactive ketones (excluding diaryl/α,β-unsaturated/α-hetero) is 1. The van der Waals surface area contributed by atoms with E-state index in [4.69, 9.17) is 0 Å². The van der Waals surface area contributed by atoms with Crippen LogP contribution in [0.3, 0.4) is 0 Å². The lowest BCUT2D eigenvalue weighted by atomic mass is 9.50. The standard InChI is InChI=1S/C15H24O/c1-11(2)10-15(3)13-9-7-5-4-6-8-12(13)14(15)16/h10,12-13H,4-9H2,1-3H3. The summed E-state index contributed by atoms with van der Waals surface area (Å²) in [4.78, 5) is 12.3. The summed E-state index contributed by atoms with van der Waals surface area (Å²) in [5, 5.41) is 0. The van der Waals surface area contributed by atoms with Crippen LogP contribution in [0.15, 0.2) is 11.6 Å². The van der Waals surface area contributed by atoms with Gasteiger partial charge in [0.05, 0.1) is 0 Å². The predicted octanol–water partition coefficient (Wildman–Crippen LogP) is 4.13. The molecule has 2 saturated carbocycles. The first-order valence-electron chi connectivity index (χ1n) is 6.76. The first-order valence-corrected chi connectivity index (χ1v) is 6.76. The minimum atomic E-state index is -0.124. The van der Waals surface area contributed by atoms with E-state index in [-0.39, 0.29) is 5.41 Å². The van der Waals surface area contributed by atoms with Crippen molar-refractivity contribution in [1.82, 2.24) is 0 Å². The molecule has 0 aromatic rings. The van der Waals surface area contributed by atoms with Crippen molar-refractivity contribution >= 4 is 5.78 Å². The summed E-state index contributed by atoms with van der Waals surface area (Å²) in [6.45, 7) is 6.37. The van der Waals surface area contributed by atoms with E-state index >= 15 is 0 Å². The number of carbonyl (C=O) groups is 1. The molecule has 0 bridgehead atoms. The fraction of sp³-hybridized carbons (Fsp3) is 0.800. The summed E-state index contributed by atoms with van der Waals surface area (Å²) in [5.41, 5.74) is 1.16. The Bertz CT molecular complexity index is 311. The van der Waals surface area contributed by atoms with Crippen LogP contribution in [0.2, 0.25) is 0 Å². The van der Waals surface area contributed by atoms with Crippen LogP contribution in [0.25, 0.3) is 0 Å². The summed E-state index contributed by atoms with van der Waals surface area (Å²) in [6.07, 6.45) is 9.90. The van der Waals surface area contributed by atoms with Crippen molar-refractivity contribution in [3.05, 3.63) is 11.6 Å². The lowest BCUT2D eigenvalue weighted by molar-refractivity contribution is -0.151. The van der Waals surface area contributed by atoms with Gasteiger partial charge in [0.15, 0.2) is 0 Å². The second kappa shape index (κ2) is 4.35. The van der Waals surface area contributed by atoms with Crippen molar-refractivity contribution in [2.45, 2.75) is 59.3 Å². The number of rotatable bonds is 1. The summed E-state index contributed by atoms with van der Waals surface area (Å²) in [5.74, 6) is 1.54. The van der Waals surface area contributed by atoms with Gasteiger partial charge in [0, 0.05) is 11.3 Å². The first kappa shape index (κ1) is 11.9. The molecule has 0 aliphatic heterocycles. The zero-order valence-corrected chi connectivity index (χ0v) is 10.9. The lowest BCUT2D eigenvalue weighted by Gasteiger charge is -2.51. The molecule has 2 rings (SSSR count). The molecular formula is C15H24O. The Morgan fingerprint density at radius 3 is 2.44 bits per heavy atom. The number of fused-ring (bicyclic) bond motifs is 1. The van der Waals surface area contributed by atoms with Gasteiger partial charge in [0.25, 0.3) is 0 Å². The molecule has 0 spiro atoms. The Balaban J connectivity index is 2.17. The molecule has 0 aromatic heterocycles. The Morgan fingerprint density at radius 2 is 1.81 bits per heavy atom. The average Bonchev–Trinajstić information content (AvgIpc) is 2.15. The largest absolute Gasteiger partial charge is 0.298 e. The van der Waals surface area contributed by atoms with E-state index in [1.54, 1.807) is 0 Å². The molecule has 1 nitrogen and oxygen atoms in total. The fourth-order valence-corrected chi connectivity index (χ4v) is 3.78. The van der Waals surface area contributed by atoms with Gasteiger partial charge < -0.3 is 0 Å². The molecule has 3 unspecified atom stereocenters. The maximum atomic E-state index is 12.3. The minimum Gasteiger partial charge on any atom is -0.298 e. The van der Waals surface area contributed by atoms with Crippen LogP contribution in [0.4, 0.5) is 0 Å². The smallest absolute Gasteiger partial charge is 0.146 e. The van der Waals surface area contributed by atoms with Crippen molar-refractivity contribution in [2.24, 2.45) is 17.3 Å². The average molecular weight is 220 g/mol. The van der Waals surface area contributed by atoms with E-state index in [0.717, 1.165) is 6.42 Å². The predicted molar refractivity (Wildman–Crippen MR) is 67.2 cm³/mol. The molecular weight excluding hydrogens is 196 g/mol. The highest BCUT2D eigenvalue weighted by atomic mass is 16.1. The number of ketones is 1. The summed E-state index contributed by atoms with van der Waals surface area (Å²) in [7, 11) is 0. The monoisotopic (exact) mass is 220 g/mol. The molecule has 0 amide bonds. The van der Waals surface area contributed by atoms with Crippen LogP contribution in [0.5, 0.6) is 0 Å². The van der Waals surface area contributed by atoms with E-state index < -0.39 is 0 Å². The first-order chi connectivity index (χ1) is 7.55. The molecule has 0 saturated heterocycles. The van der Waals surface area contributed by atoms with Gasteiger partial charge in [-0.15, -0.1) is 0 Å². The van der Waals surface area contributed by atoms with Crippen LogP contribution in [0.1, 0.15) is 59.3 Å². The molecule has 0 radical (unpaired) electrons. The highest BCUT2D eigenvalue weighted by Gasteiger charge is 2.56. The molecule has 2 fully saturated rings. The third-order valence-electron chi connectivity index (χ3n) is 4.49. The second-order valence-electron chi connectivity index (χ2n) is 6.07. The SMILES string of the molecule is CC(C)=CC1(C)C(=O)C2CCCCCCC21. The zero-order chi connectivity index (χ0) is 11.8. The Hall–Kier alpha value is -0.590. The normalized spacial score (nSPS) is 39.1. The Kier molecular flexibility index (Phi) is 3.23. The third kappa shape index (κ3) is 1.85. The van der Waals surface area contributed by atoms with Crippen molar-refractivity contribution < 1.29 is 4.79 Å². The summed E-state index contributed by atoms with van der Waals surface area (Å²) < 4.78 is 0. The maximum absolute atomic E-state index is 12.3. The molecule has 16 heavy (non-hydrogen) atoms. The molecule has 90 valence electrons. The number of hydrogen-bond donors (Lipinski definition) is 0. The van der Waals surface area contributed by atoms with Crippen molar-refractivity contribution in [3.8, 4) is 0 Å². The second-order valence-corrected chi connectivity index (χ2v) is 6.07. The van der Waals surface area contributed by atoms with Crippen LogP contribution in [-0.2, 0) is 4.79 Å². The summed E-state index contributed by atoms with van der Waals surface area (Å²) >= 11 is 0. The van der Waals surface area contributed by atoms with Gasteiger partial charge in [0.2, 0.25) is 0 Å². The van der Waals surface area contributed by atoms with Gasteiger partial charge >= 0.3 is 0 Å². The highest BCUT2D eigenvalue weighted by molar-refractivity contribution is 5.95. The molecule has 0 heterocycles. The van der Waals surface area contributed by atoms with Crippen LogP contribution in [-0.4, -0.2) is 5.78 Å². The fourth-order valence-electron chi connectivity index (χ4n) is 3.78. The number of allylic oxidation sites excluding steroid dienone is 2. The third-order valence-corrected chi connectivity index (χ3v) is 4.49. The topological polar surface area (TPSA) is 17.1 Å². The maximum Gasteiger partial charge on any atom is 0.146 e. The molecule has 0 N–H and O–H groups in total. The highest BCUT2D eigenvalue weighted by Crippen LogP contribution is 2.54. The molecule has 2 aliphatic rings. The number of carbonyl (C=O) groups excluding carboxylic acids is 1. The van der Waals surface area contributed by atoms with Gasteiger partial charge in [-0.3, -0.25) is 4.79 Å². The Morgan fingerprint density at radius 1 is 1.19 bits per heavy atom. The van der Waals surface area contributed by atoms with Gasteiger partial charge in [0.1, 0.15) is 5.78 Å². The number of hydrogen-bond acceptors (Lipinski definition) is 1. The molecule has 2 aliphatic carbocycles. The van der Waals surface area contributed by atoms with E-state index in [1.807, 2.05) is 0 Å². The molecule has 0 aromatic carbocycles. The van der Waals surface area contributed by atoms with Crippen molar-refractivity contribution in [1.29, 1.82) is 0 Å². The van der Waals surface area contributed by atoms with Gasteiger partial charge in [-0.05, 0) is 39.5 Å². The lowest BCUT2D eigenvalue weighted by Crippen LogP contribution is -2.55. The van der Waals surface area contributed by atoms with E-state index in [2.05, 4.69) is 26.8 Å². The molecule has 3 atom stereocenters. The molecule has 1 heteroatoms. The zero-order valence-electron chi connectivity index (χ0n) is 10.9. The van der Waals surface area contributed by atoms with Crippen LogP contribution < -0.4 is 0 Å². The summed E-state index contributed by atoms with van der Waals surface area (Å²) in [6, 6.07) is 0.